The molecular weight excluding hydrogens is 511 g/mol. The van der Waals surface area contributed by atoms with Crippen molar-refractivity contribution in [1.82, 2.24) is 25.3 Å². The molecule has 0 spiro atoms. The smallest absolute Gasteiger partial charge is 0.475 e. The lowest BCUT2D eigenvalue weighted by Crippen LogP contribution is -2.29. The van der Waals surface area contributed by atoms with Gasteiger partial charge in [0.25, 0.3) is 0 Å². The van der Waals surface area contributed by atoms with E-state index in [9.17, 15) is 18.0 Å². The van der Waals surface area contributed by atoms with Crippen LogP contribution in [-0.4, -0.2) is 43.1 Å². The highest BCUT2D eigenvalue weighted by Gasteiger charge is 2.38. The average Bonchev–Trinajstić information content (AvgIpc) is 3.49. The molecule has 3 heterocycles. The fourth-order valence-electron chi connectivity index (χ4n) is 4.49. The molecule has 1 amide bonds. The van der Waals surface area contributed by atoms with Crippen molar-refractivity contribution in [3.05, 3.63) is 102 Å². The summed E-state index contributed by atoms with van der Waals surface area (Å²) >= 11 is 0. The second-order valence-corrected chi connectivity index (χ2v) is 8.67. The lowest BCUT2D eigenvalue weighted by Gasteiger charge is -2.16. The normalized spacial score (nSPS) is 13.7. The standard InChI is InChI=1S/C26H19N5O.C2HF3O2/c32-23(14-16-8-11-27-12-9-16)31-25-18-5-2-1-4-17(18)24-19(25)6-3-7-20(24)26-29-21-10-13-28-15-22(21)30-26;3-2(4,5)1(6)7/h1-13,15,25H,14H2,(H,29,30)(H,31,32);(H,6,7). The number of hydrogen-bond donors (Lipinski definition) is 3. The molecule has 39 heavy (non-hydrogen) atoms. The summed E-state index contributed by atoms with van der Waals surface area (Å²) in [6.45, 7) is 0. The summed E-state index contributed by atoms with van der Waals surface area (Å²) in [5.41, 5.74) is 8.11. The van der Waals surface area contributed by atoms with Gasteiger partial charge in [0.1, 0.15) is 5.82 Å². The van der Waals surface area contributed by atoms with Gasteiger partial charge in [-0.2, -0.15) is 13.2 Å². The number of halogens is 3. The molecule has 1 aliphatic rings. The maximum absolute atomic E-state index is 12.9. The van der Waals surface area contributed by atoms with E-state index in [1.165, 1.54) is 0 Å². The van der Waals surface area contributed by atoms with Crippen LogP contribution in [0.3, 0.4) is 0 Å². The predicted molar refractivity (Wildman–Crippen MR) is 136 cm³/mol. The zero-order valence-corrected chi connectivity index (χ0v) is 20.1. The van der Waals surface area contributed by atoms with Crippen LogP contribution in [0.5, 0.6) is 0 Å². The van der Waals surface area contributed by atoms with Crippen LogP contribution in [0.25, 0.3) is 33.5 Å². The Hall–Kier alpha value is -5.06. The number of alkyl halides is 3. The van der Waals surface area contributed by atoms with E-state index in [4.69, 9.17) is 14.9 Å². The number of nitrogens with one attached hydrogen (secondary N) is 2. The highest BCUT2D eigenvalue weighted by molar-refractivity contribution is 5.93. The number of H-pyrrole nitrogens is 1. The molecule has 6 rings (SSSR count). The Morgan fingerprint density at radius 3 is 2.28 bits per heavy atom. The topological polar surface area (TPSA) is 121 Å². The molecule has 0 bridgehead atoms. The monoisotopic (exact) mass is 531 g/mol. The molecule has 8 nitrogen and oxygen atoms in total. The van der Waals surface area contributed by atoms with Crippen LogP contribution >= 0.6 is 0 Å². The lowest BCUT2D eigenvalue weighted by molar-refractivity contribution is -0.192. The molecule has 11 heteroatoms. The van der Waals surface area contributed by atoms with Gasteiger partial charge in [0.15, 0.2) is 0 Å². The van der Waals surface area contributed by atoms with E-state index >= 15 is 0 Å². The molecule has 0 radical (unpaired) electrons. The van der Waals surface area contributed by atoms with Crippen LogP contribution in [0.1, 0.15) is 22.7 Å². The summed E-state index contributed by atoms with van der Waals surface area (Å²) in [7, 11) is 0. The van der Waals surface area contributed by atoms with Gasteiger partial charge in [0.2, 0.25) is 5.91 Å². The summed E-state index contributed by atoms with van der Waals surface area (Å²) in [6, 6.07) is 19.8. The fraction of sp³-hybridized carbons (Fsp3) is 0.107. The van der Waals surface area contributed by atoms with Gasteiger partial charge in [-0.15, -0.1) is 0 Å². The number of nitrogens with zero attached hydrogens (tertiary/aromatic N) is 3. The van der Waals surface area contributed by atoms with Crippen molar-refractivity contribution >= 4 is 22.9 Å². The summed E-state index contributed by atoms with van der Waals surface area (Å²) in [5.74, 6) is -1.99. The second-order valence-electron chi connectivity index (χ2n) is 8.67. The first kappa shape index (κ1) is 25.6. The van der Waals surface area contributed by atoms with Gasteiger partial charge >= 0.3 is 12.1 Å². The number of imidazole rings is 1. The quantitative estimate of drug-likeness (QED) is 0.297. The molecule has 1 atom stereocenters. The Morgan fingerprint density at radius 1 is 0.897 bits per heavy atom. The maximum Gasteiger partial charge on any atom is 0.490 e. The number of aliphatic carboxylic acids is 1. The minimum Gasteiger partial charge on any atom is -0.475 e. The largest absolute Gasteiger partial charge is 0.490 e. The van der Waals surface area contributed by atoms with Crippen LogP contribution in [-0.2, 0) is 16.0 Å². The van der Waals surface area contributed by atoms with E-state index in [0.717, 1.165) is 50.2 Å². The number of carboxylic acid groups (broad SMARTS) is 1. The number of benzene rings is 2. The highest BCUT2D eigenvalue weighted by atomic mass is 19.4. The number of fused-ring (bicyclic) bond motifs is 4. The van der Waals surface area contributed by atoms with Crippen molar-refractivity contribution in [3.8, 4) is 22.5 Å². The molecule has 196 valence electrons. The van der Waals surface area contributed by atoms with Gasteiger partial charge in [-0.05, 0) is 46.0 Å². The number of carbonyl (C=O) groups is 2. The Kier molecular flexibility index (Phi) is 6.80. The SMILES string of the molecule is O=C(Cc1ccncc1)NC1c2ccccc2-c2c(-c3nc4ccncc4[nH]3)cccc21.O=C(O)C(F)(F)F. The number of amides is 1. The molecule has 1 unspecified atom stereocenters. The molecule has 3 N–H and O–H groups in total. The summed E-state index contributed by atoms with van der Waals surface area (Å²) in [6.07, 6.45) is 2.17. The molecule has 3 aromatic heterocycles. The van der Waals surface area contributed by atoms with Gasteiger partial charge < -0.3 is 15.4 Å². The summed E-state index contributed by atoms with van der Waals surface area (Å²) in [5, 5.41) is 10.4. The van der Waals surface area contributed by atoms with Gasteiger partial charge in [0.05, 0.1) is 29.7 Å². The van der Waals surface area contributed by atoms with Crippen molar-refractivity contribution in [1.29, 1.82) is 0 Å². The Morgan fingerprint density at radius 2 is 1.56 bits per heavy atom. The Bertz CT molecular complexity index is 1640. The Labute approximate surface area is 219 Å². The van der Waals surface area contributed by atoms with Crippen LogP contribution < -0.4 is 5.32 Å². The second kappa shape index (κ2) is 10.4. The number of carboxylic acids is 1. The molecule has 2 aromatic carbocycles. The molecule has 0 saturated carbocycles. The van der Waals surface area contributed by atoms with E-state index in [1.807, 2.05) is 36.4 Å². The Balaban J connectivity index is 0.000000392. The van der Waals surface area contributed by atoms with Crippen molar-refractivity contribution in [2.24, 2.45) is 0 Å². The molecule has 0 fully saturated rings. The van der Waals surface area contributed by atoms with Crippen LogP contribution in [0.4, 0.5) is 13.2 Å². The van der Waals surface area contributed by atoms with Crippen LogP contribution in [0.2, 0.25) is 0 Å². The molecule has 1 aliphatic carbocycles. The van der Waals surface area contributed by atoms with Gasteiger partial charge in [-0.25, -0.2) is 9.78 Å². The van der Waals surface area contributed by atoms with E-state index in [2.05, 4.69) is 44.5 Å². The molecule has 0 aliphatic heterocycles. The minimum atomic E-state index is -5.08. The predicted octanol–water partition coefficient (Wildman–Crippen LogP) is 5.08. The number of pyridine rings is 2. The number of rotatable bonds is 4. The third kappa shape index (κ3) is 5.33. The third-order valence-corrected chi connectivity index (χ3v) is 6.15. The van der Waals surface area contributed by atoms with Gasteiger partial charge in [-0.3, -0.25) is 14.8 Å². The van der Waals surface area contributed by atoms with Crippen molar-refractivity contribution < 1.29 is 27.9 Å². The van der Waals surface area contributed by atoms with Crippen LogP contribution in [0.15, 0.2) is 85.5 Å². The number of aromatic nitrogens is 4. The molecular formula is C28H20F3N5O3. The summed E-state index contributed by atoms with van der Waals surface area (Å²) in [4.78, 5) is 38.2. The zero-order chi connectivity index (χ0) is 27.6. The zero-order valence-electron chi connectivity index (χ0n) is 20.1. The number of aromatic amines is 1. The molecule has 0 saturated heterocycles. The average molecular weight is 531 g/mol. The minimum absolute atomic E-state index is 0.0240. The first-order valence-corrected chi connectivity index (χ1v) is 11.7. The van der Waals surface area contributed by atoms with Gasteiger partial charge in [0, 0.05) is 24.2 Å². The van der Waals surface area contributed by atoms with E-state index < -0.39 is 12.1 Å². The van der Waals surface area contributed by atoms with Gasteiger partial charge in [-0.1, -0.05) is 42.5 Å². The highest BCUT2D eigenvalue weighted by Crippen LogP contribution is 2.47. The number of carbonyl (C=O) groups excluding carboxylic acids is 1. The number of hydrogen-bond acceptors (Lipinski definition) is 5. The van der Waals surface area contributed by atoms with E-state index in [-0.39, 0.29) is 11.9 Å². The first-order chi connectivity index (χ1) is 18.7. The van der Waals surface area contributed by atoms with E-state index in [1.54, 1.807) is 24.8 Å². The maximum atomic E-state index is 12.9. The lowest BCUT2D eigenvalue weighted by atomic mass is 9.98. The van der Waals surface area contributed by atoms with Crippen molar-refractivity contribution in [2.75, 3.05) is 0 Å². The fourth-order valence-corrected chi connectivity index (χ4v) is 4.49. The van der Waals surface area contributed by atoms with Crippen LogP contribution in [0, 0.1) is 0 Å². The summed E-state index contributed by atoms with van der Waals surface area (Å²) < 4.78 is 31.7. The van der Waals surface area contributed by atoms with Crippen molar-refractivity contribution in [2.45, 2.75) is 18.6 Å². The third-order valence-electron chi connectivity index (χ3n) is 6.15. The first-order valence-electron chi connectivity index (χ1n) is 11.7. The van der Waals surface area contributed by atoms with Crippen molar-refractivity contribution in [3.63, 3.8) is 0 Å². The molecule has 5 aromatic rings. The van der Waals surface area contributed by atoms with E-state index in [0.29, 0.717) is 6.42 Å².